The third kappa shape index (κ3) is 5.12. The van der Waals surface area contributed by atoms with Gasteiger partial charge in [-0.25, -0.2) is 4.79 Å². The number of likely N-dealkylation sites (tertiary alicyclic amines) is 1. The number of piperidine rings is 1. The zero-order valence-corrected chi connectivity index (χ0v) is 15.1. The van der Waals surface area contributed by atoms with E-state index in [4.69, 9.17) is 9.47 Å². The van der Waals surface area contributed by atoms with Gasteiger partial charge in [0.1, 0.15) is 11.5 Å². The SMILES string of the molecule is COc1ccc(NC(=O)N2CCC(CCOc3cccnc3)CC2)cc1. The summed E-state index contributed by atoms with van der Waals surface area (Å²) in [5.74, 6) is 2.18. The van der Waals surface area contributed by atoms with Crippen LogP contribution in [0.15, 0.2) is 48.8 Å². The van der Waals surface area contributed by atoms with Crippen LogP contribution in [0.4, 0.5) is 10.5 Å². The Morgan fingerprint density at radius 1 is 1.19 bits per heavy atom. The first-order valence-electron chi connectivity index (χ1n) is 8.97. The lowest BCUT2D eigenvalue weighted by atomic mass is 9.94. The van der Waals surface area contributed by atoms with Gasteiger partial charge in [0.15, 0.2) is 0 Å². The summed E-state index contributed by atoms with van der Waals surface area (Å²) in [7, 11) is 1.62. The lowest BCUT2D eigenvalue weighted by molar-refractivity contribution is 0.170. The number of benzene rings is 1. The van der Waals surface area contributed by atoms with E-state index in [2.05, 4.69) is 10.3 Å². The molecule has 0 saturated carbocycles. The molecule has 0 atom stereocenters. The number of hydrogen-bond donors (Lipinski definition) is 1. The molecule has 0 bridgehead atoms. The highest BCUT2D eigenvalue weighted by atomic mass is 16.5. The summed E-state index contributed by atoms with van der Waals surface area (Å²) in [4.78, 5) is 18.3. The largest absolute Gasteiger partial charge is 0.497 e. The van der Waals surface area contributed by atoms with E-state index in [0.717, 1.165) is 49.5 Å². The van der Waals surface area contributed by atoms with Crippen molar-refractivity contribution in [1.29, 1.82) is 0 Å². The number of carbonyl (C=O) groups excluding carboxylic acids is 1. The number of anilines is 1. The smallest absolute Gasteiger partial charge is 0.321 e. The number of hydrogen-bond acceptors (Lipinski definition) is 4. The third-order valence-corrected chi connectivity index (χ3v) is 4.67. The maximum absolute atomic E-state index is 12.4. The van der Waals surface area contributed by atoms with Crippen molar-refractivity contribution in [1.82, 2.24) is 9.88 Å². The van der Waals surface area contributed by atoms with Gasteiger partial charge < -0.3 is 19.7 Å². The Kier molecular flexibility index (Phi) is 6.30. The zero-order chi connectivity index (χ0) is 18.2. The van der Waals surface area contributed by atoms with Crippen molar-refractivity contribution in [2.45, 2.75) is 19.3 Å². The first-order valence-corrected chi connectivity index (χ1v) is 8.97. The monoisotopic (exact) mass is 355 g/mol. The van der Waals surface area contributed by atoms with Crippen LogP contribution >= 0.6 is 0 Å². The first kappa shape index (κ1) is 18.0. The number of nitrogens with one attached hydrogen (secondary N) is 1. The molecule has 3 rings (SSSR count). The van der Waals surface area contributed by atoms with Crippen LogP contribution in [0.25, 0.3) is 0 Å². The Hall–Kier alpha value is -2.76. The maximum atomic E-state index is 12.4. The Balaban J connectivity index is 1.37. The van der Waals surface area contributed by atoms with Crippen LogP contribution in [0.3, 0.4) is 0 Å². The second kappa shape index (κ2) is 9.08. The molecule has 138 valence electrons. The topological polar surface area (TPSA) is 63.7 Å². The standard InChI is InChI=1S/C20H25N3O3/c1-25-18-6-4-17(5-7-18)22-20(24)23-12-8-16(9-13-23)10-14-26-19-3-2-11-21-15-19/h2-7,11,15-16H,8-10,12-14H2,1H3,(H,22,24). The highest BCUT2D eigenvalue weighted by Crippen LogP contribution is 2.22. The summed E-state index contributed by atoms with van der Waals surface area (Å²) in [6, 6.07) is 11.1. The van der Waals surface area contributed by atoms with Crippen molar-refractivity contribution < 1.29 is 14.3 Å². The molecule has 6 heteroatoms. The summed E-state index contributed by atoms with van der Waals surface area (Å²) in [6.07, 6.45) is 6.48. The summed E-state index contributed by atoms with van der Waals surface area (Å²) in [6.45, 7) is 2.24. The molecule has 2 aromatic rings. The molecule has 1 aromatic carbocycles. The summed E-state index contributed by atoms with van der Waals surface area (Å²) in [5.41, 5.74) is 0.780. The van der Waals surface area contributed by atoms with Gasteiger partial charge in [-0.2, -0.15) is 0 Å². The lowest BCUT2D eigenvalue weighted by Crippen LogP contribution is -2.41. The van der Waals surface area contributed by atoms with E-state index in [1.54, 1.807) is 19.5 Å². The average Bonchev–Trinajstić information content (AvgIpc) is 2.70. The molecule has 2 heterocycles. The number of carbonyl (C=O) groups is 1. The number of ether oxygens (including phenoxy) is 2. The maximum Gasteiger partial charge on any atom is 0.321 e. The van der Waals surface area contributed by atoms with Crippen LogP contribution < -0.4 is 14.8 Å². The molecule has 1 aliphatic rings. The minimum absolute atomic E-state index is 0.0415. The Labute approximate surface area is 154 Å². The van der Waals surface area contributed by atoms with Crippen molar-refractivity contribution in [3.63, 3.8) is 0 Å². The minimum atomic E-state index is -0.0415. The molecule has 6 nitrogen and oxygen atoms in total. The van der Waals surface area contributed by atoms with Crippen LogP contribution in [0.1, 0.15) is 19.3 Å². The van der Waals surface area contributed by atoms with Crippen molar-refractivity contribution in [2.24, 2.45) is 5.92 Å². The van der Waals surface area contributed by atoms with E-state index in [9.17, 15) is 4.79 Å². The van der Waals surface area contributed by atoms with Crippen LogP contribution in [0.5, 0.6) is 11.5 Å². The molecular weight excluding hydrogens is 330 g/mol. The molecular formula is C20H25N3O3. The predicted octanol–water partition coefficient (Wildman–Crippen LogP) is 3.80. The van der Waals surface area contributed by atoms with Gasteiger partial charge in [-0.15, -0.1) is 0 Å². The molecule has 2 amide bonds. The fourth-order valence-electron chi connectivity index (χ4n) is 3.08. The van der Waals surface area contributed by atoms with E-state index >= 15 is 0 Å². The quantitative estimate of drug-likeness (QED) is 0.856. The third-order valence-electron chi connectivity index (χ3n) is 4.67. The number of pyridine rings is 1. The number of methoxy groups -OCH3 is 1. The van der Waals surface area contributed by atoms with Gasteiger partial charge in [-0.1, -0.05) is 0 Å². The van der Waals surface area contributed by atoms with Gasteiger partial charge >= 0.3 is 6.03 Å². The zero-order valence-electron chi connectivity index (χ0n) is 15.1. The Bertz CT molecular complexity index is 683. The highest BCUT2D eigenvalue weighted by Gasteiger charge is 2.22. The molecule has 0 aliphatic carbocycles. The molecule has 0 unspecified atom stereocenters. The fourth-order valence-corrected chi connectivity index (χ4v) is 3.08. The highest BCUT2D eigenvalue weighted by molar-refractivity contribution is 5.89. The summed E-state index contributed by atoms with van der Waals surface area (Å²) >= 11 is 0. The first-order chi connectivity index (χ1) is 12.7. The van der Waals surface area contributed by atoms with E-state index < -0.39 is 0 Å². The van der Waals surface area contributed by atoms with Crippen molar-refractivity contribution in [3.8, 4) is 11.5 Å². The van der Waals surface area contributed by atoms with Crippen LogP contribution in [-0.4, -0.2) is 42.7 Å². The number of urea groups is 1. The molecule has 1 aliphatic heterocycles. The van der Waals surface area contributed by atoms with Crippen LogP contribution in [0, 0.1) is 5.92 Å². The van der Waals surface area contributed by atoms with E-state index in [1.807, 2.05) is 41.3 Å². The summed E-state index contributed by atoms with van der Waals surface area (Å²) in [5, 5.41) is 2.94. The Morgan fingerprint density at radius 3 is 2.62 bits per heavy atom. The molecule has 1 fully saturated rings. The number of aromatic nitrogens is 1. The van der Waals surface area contributed by atoms with Crippen molar-refractivity contribution in [2.75, 3.05) is 32.1 Å². The normalized spacial score (nSPS) is 14.7. The van der Waals surface area contributed by atoms with E-state index in [-0.39, 0.29) is 6.03 Å². The van der Waals surface area contributed by atoms with Gasteiger partial charge in [-0.3, -0.25) is 4.98 Å². The predicted molar refractivity (Wildman–Crippen MR) is 101 cm³/mol. The van der Waals surface area contributed by atoms with Crippen molar-refractivity contribution in [3.05, 3.63) is 48.8 Å². The molecule has 1 saturated heterocycles. The van der Waals surface area contributed by atoms with E-state index in [0.29, 0.717) is 12.5 Å². The molecule has 1 N–H and O–H groups in total. The van der Waals surface area contributed by atoms with E-state index in [1.165, 1.54) is 0 Å². The lowest BCUT2D eigenvalue weighted by Gasteiger charge is -2.32. The minimum Gasteiger partial charge on any atom is -0.497 e. The second-order valence-corrected chi connectivity index (χ2v) is 6.41. The Morgan fingerprint density at radius 2 is 1.96 bits per heavy atom. The molecule has 0 spiro atoms. The van der Waals surface area contributed by atoms with Crippen LogP contribution in [-0.2, 0) is 0 Å². The number of amides is 2. The van der Waals surface area contributed by atoms with Gasteiger partial charge in [0, 0.05) is 25.0 Å². The second-order valence-electron chi connectivity index (χ2n) is 6.41. The van der Waals surface area contributed by atoms with Gasteiger partial charge in [0.25, 0.3) is 0 Å². The average molecular weight is 355 g/mol. The molecule has 0 radical (unpaired) electrons. The van der Waals surface area contributed by atoms with Gasteiger partial charge in [-0.05, 0) is 61.6 Å². The molecule has 26 heavy (non-hydrogen) atoms. The molecule has 1 aromatic heterocycles. The number of rotatable bonds is 6. The van der Waals surface area contributed by atoms with Crippen molar-refractivity contribution >= 4 is 11.7 Å². The fraction of sp³-hybridized carbons (Fsp3) is 0.400. The summed E-state index contributed by atoms with van der Waals surface area (Å²) < 4.78 is 10.8. The number of nitrogens with zero attached hydrogens (tertiary/aromatic N) is 2. The van der Waals surface area contributed by atoms with Crippen LogP contribution in [0.2, 0.25) is 0 Å². The van der Waals surface area contributed by atoms with Gasteiger partial charge in [0.05, 0.1) is 19.9 Å². The van der Waals surface area contributed by atoms with Gasteiger partial charge in [0.2, 0.25) is 0 Å².